The maximum absolute atomic E-state index is 3.49. The monoisotopic (exact) mass is 232 g/mol. The summed E-state index contributed by atoms with van der Waals surface area (Å²) in [6.45, 7) is 10.1. The van der Waals surface area contributed by atoms with E-state index < -0.39 is 0 Å². The van der Waals surface area contributed by atoms with Gasteiger partial charge in [0.15, 0.2) is 0 Å². The first kappa shape index (κ1) is 12.6. The van der Waals surface area contributed by atoms with Crippen molar-refractivity contribution in [3.05, 3.63) is 35.4 Å². The van der Waals surface area contributed by atoms with Crippen molar-refractivity contribution in [2.45, 2.75) is 52.4 Å². The molecule has 1 aromatic rings. The predicted octanol–water partition coefficient (Wildman–Crippen LogP) is 2.78. The summed E-state index contributed by atoms with van der Waals surface area (Å²) in [5.41, 5.74) is 3.02. The third-order valence-electron chi connectivity index (χ3n) is 3.74. The lowest BCUT2D eigenvalue weighted by atomic mass is 10.1. The van der Waals surface area contributed by atoms with E-state index in [4.69, 9.17) is 0 Å². The van der Waals surface area contributed by atoms with Crippen molar-refractivity contribution >= 4 is 0 Å². The highest BCUT2D eigenvalue weighted by molar-refractivity contribution is 5.30. The molecule has 0 aromatic heterocycles. The summed E-state index contributed by atoms with van der Waals surface area (Å²) in [5, 5.41) is 3.49. The van der Waals surface area contributed by atoms with Crippen LogP contribution < -0.4 is 5.32 Å². The molecule has 2 nitrogen and oxygen atoms in total. The van der Waals surface area contributed by atoms with Gasteiger partial charge in [0.25, 0.3) is 0 Å². The van der Waals surface area contributed by atoms with E-state index >= 15 is 0 Å². The van der Waals surface area contributed by atoms with Crippen molar-refractivity contribution in [2.24, 2.45) is 0 Å². The first-order chi connectivity index (χ1) is 8.20. The topological polar surface area (TPSA) is 15.3 Å². The van der Waals surface area contributed by atoms with Gasteiger partial charge in [-0.25, -0.2) is 0 Å². The quantitative estimate of drug-likeness (QED) is 0.840. The molecule has 0 saturated carbocycles. The molecular formula is C15H24N2. The molecule has 2 atom stereocenters. The first-order valence-electron chi connectivity index (χ1n) is 6.75. The molecule has 0 radical (unpaired) electrons. The SMILES string of the molecule is CCNC(C)CC(C)N1Cc2ccccc2C1. The van der Waals surface area contributed by atoms with Gasteiger partial charge in [-0.1, -0.05) is 31.2 Å². The Morgan fingerprint density at radius 3 is 2.29 bits per heavy atom. The molecule has 2 rings (SSSR count). The summed E-state index contributed by atoms with van der Waals surface area (Å²) in [6, 6.07) is 10.1. The van der Waals surface area contributed by atoms with Gasteiger partial charge in [0, 0.05) is 25.2 Å². The van der Waals surface area contributed by atoms with Gasteiger partial charge in [-0.2, -0.15) is 0 Å². The van der Waals surface area contributed by atoms with Crippen LogP contribution in [-0.2, 0) is 13.1 Å². The smallest absolute Gasteiger partial charge is 0.0243 e. The van der Waals surface area contributed by atoms with E-state index in [1.54, 1.807) is 0 Å². The van der Waals surface area contributed by atoms with Gasteiger partial charge in [0.05, 0.1) is 0 Å². The lowest BCUT2D eigenvalue weighted by molar-refractivity contribution is 0.191. The van der Waals surface area contributed by atoms with Gasteiger partial charge < -0.3 is 5.32 Å². The van der Waals surface area contributed by atoms with Crippen LogP contribution >= 0.6 is 0 Å². The van der Waals surface area contributed by atoms with E-state index in [2.05, 4.69) is 55.3 Å². The largest absolute Gasteiger partial charge is 0.314 e. The van der Waals surface area contributed by atoms with E-state index in [0.29, 0.717) is 12.1 Å². The lowest BCUT2D eigenvalue weighted by Gasteiger charge is -2.26. The number of hydrogen-bond acceptors (Lipinski definition) is 2. The normalized spacial score (nSPS) is 19.0. The van der Waals surface area contributed by atoms with Crippen LogP contribution in [0.1, 0.15) is 38.3 Å². The second-order valence-electron chi connectivity index (χ2n) is 5.22. The van der Waals surface area contributed by atoms with E-state index in [1.807, 2.05) is 0 Å². The Hall–Kier alpha value is -0.860. The molecule has 1 aliphatic heterocycles. The maximum atomic E-state index is 3.49. The number of nitrogens with one attached hydrogen (secondary N) is 1. The van der Waals surface area contributed by atoms with Crippen molar-refractivity contribution in [1.82, 2.24) is 10.2 Å². The zero-order valence-corrected chi connectivity index (χ0v) is 11.2. The van der Waals surface area contributed by atoms with Crippen LogP contribution in [0.4, 0.5) is 0 Å². The molecule has 1 aliphatic rings. The molecule has 0 bridgehead atoms. The third kappa shape index (κ3) is 3.08. The van der Waals surface area contributed by atoms with Crippen LogP contribution in [0.15, 0.2) is 24.3 Å². The number of benzene rings is 1. The van der Waals surface area contributed by atoms with Crippen molar-refractivity contribution in [3.63, 3.8) is 0 Å². The molecule has 0 aliphatic carbocycles. The van der Waals surface area contributed by atoms with Crippen molar-refractivity contribution in [1.29, 1.82) is 0 Å². The summed E-state index contributed by atoms with van der Waals surface area (Å²) >= 11 is 0. The molecule has 17 heavy (non-hydrogen) atoms. The Kier molecular flexibility index (Phi) is 4.19. The number of rotatable bonds is 5. The number of nitrogens with zero attached hydrogens (tertiary/aromatic N) is 1. The Morgan fingerprint density at radius 2 is 1.76 bits per heavy atom. The summed E-state index contributed by atoms with van der Waals surface area (Å²) in [7, 11) is 0. The average molecular weight is 232 g/mol. The van der Waals surface area contributed by atoms with Gasteiger partial charge in [0.2, 0.25) is 0 Å². The minimum Gasteiger partial charge on any atom is -0.314 e. The summed E-state index contributed by atoms with van der Waals surface area (Å²) < 4.78 is 0. The maximum Gasteiger partial charge on any atom is 0.0243 e. The van der Waals surface area contributed by atoms with Crippen LogP contribution in [0.2, 0.25) is 0 Å². The Labute approximate surface area is 105 Å². The van der Waals surface area contributed by atoms with Gasteiger partial charge in [-0.3, -0.25) is 4.90 Å². The van der Waals surface area contributed by atoms with Gasteiger partial charge in [-0.15, -0.1) is 0 Å². The van der Waals surface area contributed by atoms with Crippen LogP contribution in [0.3, 0.4) is 0 Å². The summed E-state index contributed by atoms with van der Waals surface area (Å²) in [4.78, 5) is 2.58. The van der Waals surface area contributed by atoms with Crippen molar-refractivity contribution in [2.75, 3.05) is 6.54 Å². The molecular weight excluding hydrogens is 208 g/mol. The summed E-state index contributed by atoms with van der Waals surface area (Å²) in [6.07, 6.45) is 1.22. The molecule has 1 N–H and O–H groups in total. The summed E-state index contributed by atoms with van der Waals surface area (Å²) in [5.74, 6) is 0. The average Bonchev–Trinajstić information content (AvgIpc) is 2.72. The molecule has 2 unspecified atom stereocenters. The molecule has 1 aromatic carbocycles. The molecule has 0 saturated heterocycles. The van der Waals surface area contributed by atoms with Gasteiger partial charge >= 0.3 is 0 Å². The highest BCUT2D eigenvalue weighted by atomic mass is 15.2. The minimum atomic E-state index is 0.610. The lowest BCUT2D eigenvalue weighted by Crippen LogP contribution is -2.36. The van der Waals surface area contributed by atoms with Crippen molar-refractivity contribution in [3.8, 4) is 0 Å². The van der Waals surface area contributed by atoms with Crippen LogP contribution in [0.25, 0.3) is 0 Å². The Morgan fingerprint density at radius 1 is 1.18 bits per heavy atom. The molecule has 0 amide bonds. The third-order valence-corrected chi connectivity index (χ3v) is 3.74. The van der Waals surface area contributed by atoms with Crippen LogP contribution in [0.5, 0.6) is 0 Å². The second-order valence-corrected chi connectivity index (χ2v) is 5.22. The first-order valence-corrected chi connectivity index (χ1v) is 6.75. The minimum absolute atomic E-state index is 0.610. The van der Waals surface area contributed by atoms with Gasteiger partial charge in [0.1, 0.15) is 0 Å². The number of hydrogen-bond donors (Lipinski definition) is 1. The fourth-order valence-electron chi connectivity index (χ4n) is 2.76. The highest BCUT2D eigenvalue weighted by Crippen LogP contribution is 2.25. The number of fused-ring (bicyclic) bond motifs is 1. The van der Waals surface area contributed by atoms with E-state index in [-0.39, 0.29) is 0 Å². The molecule has 1 heterocycles. The Balaban J connectivity index is 1.89. The van der Waals surface area contributed by atoms with Crippen LogP contribution in [0, 0.1) is 0 Å². The molecule has 2 heteroatoms. The molecule has 94 valence electrons. The van der Waals surface area contributed by atoms with Crippen molar-refractivity contribution < 1.29 is 0 Å². The fourth-order valence-corrected chi connectivity index (χ4v) is 2.76. The second kappa shape index (κ2) is 5.65. The zero-order valence-electron chi connectivity index (χ0n) is 11.2. The highest BCUT2D eigenvalue weighted by Gasteiger charge is 2.23. The molecule has 0 fully saturated rings. The standard InChI is InChI=1S/C15H24N2/c1-4-16-12(2)9-13(3)17-10-14-7-5-6-8-15(14)11-17/h5-8,12-13,16H,4,9-11H2,1-3H3. The van der Waals surface area contributed by atoms with Crippen LogP contribution in [-0.4, -0.2) is 23.5 Å². The fraction of sp³-hybridized carbons (Fsp3) is 0.600. The van der Waals surface area contributed by atoms with Gasteiger partial charge in [-0.05, 0) is 37.9 Å². The van der Waals surface area contributed by atoms with E-state index in [0.717, 1.165) is 19.6 Å². The zero-order chi connectivity index (χ0) is 12.3. The predicted molar refractivity (Wildman–Crippen MR) is 72.9 cm³/mol. The molecule has 0 spiro atoms. The Bertz CT molecular complexity index is 337. The van der Waals surface area contributed by atoms with E-state index in [9.17, 15) is 0 Å². The van der Waals surface area contributed by atoms with E-state index in [1.165, 1.54) is 17.5 Å².